The Balaban J connectivity index is 3.53. The van der Waals surface area contributed by atoms with Gasteiger partial charge in [-0.15, -0.1) is 0 Å². The number of hydrogen-bond acceptors (Lipinski definition) is 2. The van der Waals surface area contributed by atoms with Gasteiger partial charge in [0.15, 0.2) is 0 Å². The Bertz CT molecular complexity index is 113. The summed E-state index contributed by atoms with van der Waals surface area (Å²) in [5.41, 5.74) is -0.0697. The van der Waals surface area contributed by atoms with Gasteiger partial charge in [0.2, 0.25) is 0 Å². The van der Waals surface area contributed by atoms with Crippen LogP contribution in [0.1, 0.15) is 41.5 Å². The van der Waals surface area contributed by atoms with Crippen LogP contribution in [0.15, 0.2) is 0 Å². The molecule has 0 aromatic heterocycles. The number of hydrogen-bond donors (Lipinski definition) is 0. The Morgan fingerprint density at radius 2 is 1.58 bits per heavy atom. The van der Waals surface area contributed by atoms with Crippen molar-refractivity contribution in [1.82, 2.24) is 0 Å². The van der Waals surface area contributed by atoms with E-state index in [1.165, 1.54) is 0 Å². The predicted octanol–water partition coefficient (Wildman–Crippen LogP) is 2.62. The van der Waals surface area contributed by atoms with Gasteiger partial charge < -0.3 is 9.47 Å². The molecule has 0 fully saturated rings. The summed E-state index contributed by atoms with van der Waals surface area (Å²) in [6.07, 6.45) is 0.461. The van der Waals surface area contributed by atoms with Gasteiger partial charge in [-0.3, -0.25) is 0 Å². The Morgan fingerprint density at radius 3 is 1.92 bits per heavy atom. The lowest BCUT2D eigenvalue weighted by Crippen LogP contribution is -2.29. The van der Waals surface area contributed by atoms with Crippen molar-refractivity contribution in [3.63, 3.8) is 0 Å². The molecule has 0 saturated carbocycles. The zero-order chi connectivity index (χ0) is 9.78. The van der Waals surface area contributed by atoms with E-state index in [9.17, 15) is 0 Å². The molecule has 0 rings (SSSR count). The van der Waals surface area contributed by atoms with Crippen molar-refractivity contribution in [3.05, 3.63) is 0 Å². The second-order valence-electron chi connectivity index (χ2n) is 4.42. The summed E-state index contributed by atoms with van der Waals surface area (Å²) in [4.78, 5) is 0. The summed E-state index contributed by atoms with van der Waals surface area (Å²) >= 11 is 0. The molecule has 0 spiro atoms. The smallest absolute Gasteiger partial charge is 0.0787 e. The maximum Gasteiger partial charge on any atom is 0.0787 e. The normalized spacial score (nSPS) is 15.2. The Morgan fingerprint density at radius 1 is 1.08 bits per heavy atom. The molecule has 0 N–H and O–H groups in total. The van der Waals surface area contributed by atoms with Gasteiger partial charge in [0.1, 0.15) is 0 Å². The first kappa shape index (κ1) is 11.9. The van der Waals surface area contributed by atoms with Gasteiger partial charge in [0, 0.05) is 0 Å². The van der Waals surface area contributed by atoms with Gasteiger partial charge >= 0.3 is 0 Å². The van der Waals surface area contributed by atoms with Crippen LogP contribution in [0.3, 0.4) is 0 Å². The highest BCUT2D eigenvalue weighted by Gasteiger charge is 2.15. The van der Waals surface area contributed by atoms with Crippen LogP contribution in [-0.4, -0.2) is 24.4 Å². The highest BCUT2D eigenvalue weighted by molar-refractivity contribution is 4.62. The molecule has 0 aliphatic rings. The summed E-state index contributed by atoms with van der Waals surface area (Å²) < 4.78 is 11.1. The quantitative estimate of drug-likeness (QED) is 0.652. The van der Waals surface area contributed by atoms with E-state index in [4.69, 9.17) is 9.47 Å². The maximum absolute atomic E-state index is 5.66. The molecule has 0 aromatic rings. The van der Waals surface area contributed by atoms with Crippen LogP contribution in [0.2, 0.25) is 0 Å². The average molecular weight is 174 g/mol. The lowest BCUT2D eigenvalue weighted by molar-refractivity contribution is -0.0925. The van der Waals surface area contributed by atoms with Crippen LogP contribution in [0.25, 0.3) is 0 Å². The Kier molecular flexibility index (Phi) is 4.80. The zero-order valence-corrected chi connectivity index (χ0v) is 9.18. The molecule has 0 aliphatic heterocycles. The van der Waals surface area contributed by atoms with E-state index in [0.717, 1.165) is 0 Å². The summed E-state index contributed by atoms with van der Waals surface area (Å²) in [5.74, 6) is 0. The van der Waals surface area contributed by atoms with E-state index < -0.39 is 0 Å². The zero-order valence-electron chi connectivity index (χ0n) is 9.18. The van der Waals surface area contributed by atoms with E-state index in [1.54, 1.807) is 0 Å². The van der Waals surface area contributed by atoms with E-state index in [1.807, 2.05) is 20.8 Å². The minimum atomic E-state index is -0.0697. The van der Waals surface area contributed by atoms with Crippen LogP contribution >= 0.6 is 0 Å². The lowest BCUT2D eigenvalue weighted by Gasteiger charge is -2.25. The molecule has 0 bridgehead atoms. The topological polar surface area (TPSA) is 18.5 Å². The average Bonchev–Trinajstić information content (AvgIpc) is 1.79. The highest BCUT2D eigenvalue weighted by atomic mass is 16.5. The molecule has 12 heavy (non-hydrogen) atoms. The fraction of sp³-hybridized carbons (Fsp3) is 1.00. The van der Waals surface area contributed by atoms with Gasteiger partial charge in [0.05, 0.1) is 24.4 Å². The molecule has 0 aliphatic carbocycles. The molecule has 74 valence electrons. The third kappa shape index (κ3) is 8.02. The van der Waals surface area contributed by atoms with E-state index >= 15 is 0 Å². The second kappa shape index (κ2) is 4.83. The summed E-state index contributed by atoms with van der Waals surface area (Å²) in [6, 6.07) is 0. The molecule has 0 unspecified atom stereocenters. The second-order valence-corrected chi connectivity index (χ2v) is 4.42. The van der Waals surface area contributed by atoms with Crippen molar-refractivity contribution in [1.29, 1.82) is 0 Å². The van der Waals surface area contributed by atoms with E-state index in [2.05, 4.69) is 20.8 Å². The molecule has 0 radical (unpaired) electrons. The lowest BCUT2D eigenvalue weighted by atomic mass is 10.2. The first-order valence-electron chi connectivity index (χ1n) is 4.60. The third-order valence-corrected chi connectivity index (χ3v) is 1.22. The SMILES string of the molecule is CC(C)OC[C@H](C)OC(C)(C)C. The first-order valence-corrected chi connectivity index (χ1v) is 4.60. The summed E-state index contributed by atoms with van der Waals surface area (Å²) in [5, 5.41) is 0. The Labute approximate surface area is 76.3 Å². The molecular weight excluding hydrogens is 152 g/mol. The van der Waals surface area contributed by atoms with Gasteiger partial charge in [-0.1, -0.05) is 0 Å². The van der Waals surface area contributed by atoms with Crippen LogP contribution in [0, 0.1) is 0 Å². The van der Waals surface area contributed by atoms with Crippen LogP contribution in [-0.2, 0) is 9.47 Å². The van der Waals surface area contributed by atoms with Gasteiger partial charge in [-0.2, -0.15) is 0 Å². The minimum Gasteiger partial charge on any atom is -0.376 e. The molecule has 1 atom stereocenters. The molecular formula is C10H22O2. The van der Waals surface area contributed by atoms with Crippen LogP contribution in [0.5, 0.6) is 0 Å². The Hall–Kier alpha value is -0.0800. The highest BCUT2D eigenvalue weighted by Crippen LogP contribution is 2.10. The van der Waals surface area contributed by atoms with Gasteiger partial charge in [-0.05, 0) is 41.5 Å². The van der Waals surface area contributed by atoms with Crippen molar-refractivity contribution in [2.45, 2.75) is 59.4 Å². The molecule has 2 nitrogen and oxygen atoms in total. The monoisotopic (exact) mass is 174 g/mol. The number of rotatable bonds is 4. The van der Waals surface area contributed by atoms with Crippen molar-refractivity contribution < 1.29 is 9.47 Å². The third-order valence-electron chi connectivity index (χ3n) is 1.22. The largest absolute Gasteiger partial charge is 0.376 e. The van der Waals surface area contributed by atoms with Gasteiger partial charge in [-0.25, -0.2) is 0 Å². The molecule has 2 heteroatoms. The molecule has 0 saturated heterocycles. The molecule has 0 aromatic carbocycles. The fourth-order valence-electron chi connectivity index (χ4n) is 0.966. The maximum atomic E-state index is 5.66. The van der Waals surface area contributed by atoms with Crippen molar-refractivity contribution in [2.75, 3.05) is 6.61 Å². The van der Waals surface area contributed by atoms with Crippen LogP contribution in [0.4, 0.5) is 0 Å². The first-order chi connectivity index (χ1) is 5.31. The molecule has 0 heterocycles. The molecule has 0 amide bonds. The van der Waals surface area contributed by atoms with Crippen LogP contribution < -0.4 is 0 Å². The van der Waals surface area contributed by atoms with E-state index in [-0.39, 0.29) is 17.8 Å². The minimum absolute atomic E-state index is 0.0697. The van der Waals surface area contributed by atoms with Crippen molar-refractivity contribution >= 4 is 0 Å². The van der Waals surface area contributed by atoms with E-state index in [0.29, 0.717) is 6.61 Å². The standard InChI is InChI=1S/C10H22O2/c1-8(2)11-7-9(3)12-10(4,5)6/h8-9H,7H2,1-6H3/t9-/m0/s1. The number of ether oxygens (including phenoxy) is 2. The van der Waals surface area contributed by atoms with Crippen molar-refractivity contribution in [2.24, 2.45) is 0 Å². The summed E-state index contributed by atoms with van der Waals surface area (Å²) in [7, 11) is 0. The van der Waals surface area contributed by atoms with Gasteiger partial charge in [0.25, 0.3) is 0 Å². The summed E-state index contributed by atoms with van der Waals surface area (Å²) in [6.45, 7) is 12.9. The predicted molar refractivity (Wildman–Crippen MR) is 51.4 cm³/mol. The van der Waals surface area contributed by atoms with Crippen molar-refractivity contribution in [3.8, 4) is 0 Å². The fourth-order valence-corrected chi connectivity index (χ4v) is 0.966.